The summed E-state index contributed by atoms with van der Waals surface area (Å²) in [5, 5.41) is 0. The zero-order valence-corrected chi connectivity index (χ0v) is 14.0. The Morgan fingerprint density at radius 2 is 1.83 bits per heavy atom. The molecule has 0 spiro atoms. The van der Waals surface area contributed by atoms with E-state index in [2.05, 4.69) is 10.8 Å². The predicted octanol–water partition coefficient (Wildman–Crippen LogP) is 2.11. The molecule has 5 nitrogen and oxygen atoms in total. The fourth-order valence-electron chi connectivity index (χ4n) is 3.05. The van der Waals surface area contributed by atoms with Gasteiger partial charge in [0.25, 0.3) is 10.2 Å². The van der Waals surface area contributed by atoms with E-state index < -0.39 is 10.2 Å². The van der Waals surface area contributed by atoms with Gasteiger partial charge >= 0.3 is 0 Å². The number of rotatable bonds is 4. The van der Waals surface area contributed by atoms with Crippen molar-refractivity contribution in [2.45, 2.75) is 12.5 Å². The summed E-state index contributed by atoms with van der Waals surface area (Å²) >= 11 is 0. The smallest absolute Gasteiger partial charge is 0.280 e. The molecule has 2 aromatic carbocycles. The predicted molar refractivity (Wildman–Crippen MR) is 89.7 cm³/mol. The summed E-state index contributed by atoms with van der Waals surface area (Å²) in [7, 11) is -0.466. The monoisotopic (exact) mass is 332 g/mol. The van der Waals surface area contributed by atoms with Crippen LogP contribution in [0.15, 0.2) is 48.5 Å². The SMILES string of the molecule is CNS(=O)(=O)N1CCc2ccccc2C1c1ccc(OC)cc1. The third kappa shape index (κ3) is 2.97. The van der Waals surface area contributed by atoms with Gasteiger partial charge in [-0.15, -0.1) is 0 Å². The first-order chi connectivity index (χ1) is 11.1. The van der Waals surface area contributed by atoms with Crippen LogP contribution in [0.5, 0.6) is 5.75 Å². The summed E-state index contributed by atoms with van der Waals surface area (Å²) in [5.74, 6) is 0.751. The summed E-state index contributed by atoms with van der Waals surface area (Å²) in [5.41, 5.74) is 3.15. The number of hydrogen-bond acceptors (Lipinski definition) is 3. The van der Waals surface area contributed by atoms with E-state index in [1.807, 2.05) is 42.5 Å². The van der Waals surface area contributed by atoms with Gasteiger partial charge in [-0.05, 0) is 35.2 Å². The second-order valence-corrected chi connectivity index (χ2v) is 7.27. The van der Waals surface area contributed by atoms with Crippen molar-refractivity contribution in [1.29, 1.82) is 0 Å². The topological polar surface area (TPSA) is 58.6 Å². The van der Waals surface area contributed by atoms with E-state index in [1.54, 1.807) is 7.11 Å². The normalized spacial score (nSPS) is 18.4. The molecule has 0 radical (unpaired) electrons. The minimum absolute atomic E-state index is 0.330. The second-order valence-electron chi connectivity index (χ2n) is 5.44. The first-order valence-corrected chi connectivity index (χ1v) is 8.93. The van der Waals surface area contributed by atoms with Gasteiger partial charge in [0.2, 0.25) is 0 Å². The maximum atomic E-state index is 12.5. The number of nitrogens with zero attached hydrogens (tertiary/aromatic N) is 1. The van der Waals surface area contributed by atoms with Crippen LogP contribution in [0.1, 0.15) is 22.7 Å². The molecule has 0 amide bonds. The summed E-state index contributed by atoms with van der Waals surface area (Å²) in [6.45, 7) is 0.455. The summed E-state index contributed by atoms with van der Waals surface area (Å²) < 4.78 is 34.1. The maximum Gasteiger partial charge on any atom is 0.280 e. The Kier molecular flexibility index (Phi) is 4.39. The molecule has 0 aromatic heterocycles. The minimum Gasteiger partial charge on any atom is -0.497 e. The number of benzene rings is 2. The third-order valence-corrected chi connectivity index (χ3v) is 5.76. The number of nitrogens with one attached hydrogen (secondary N) is 1. The number of fused-ring (bicyclic) bond motifs is 1. The van der Waals surface area contributed by atoms with Crippen molar-refractivity contribution in [3.63, 3.8) is 0 Å². The Bertz CT molecular complexity index is 788. The van der Waals surface area contributed by atoms with Crippen molar-refractivity contribution in [3.8, 4) is 5.75 Å². The number of ether oxygens (including phenoxy) is 1. The average molecular weight is 332 g/mol. The van der Waals surface area contributed by atoms with Crippen molar-refractivity contribution < 1.29 is 13.2 Å². The van der Waals surface area contributed by atoms with Gasteiger partial charge in [-0.1, -0.05) is 36.4 Å². The van der Waals surface area contributed by atoms with Crippen LogP contribution in [-0.2, 0) is 16.6 Å². The summed E-state index contributed by atoms with van der Waals surface area (Å²) in [6, 6.07) is 15.2. The van der Waals surface area contributed by atoms with E-state index in [0.717, 1.165) is 16.9 Å². The highest BCUT2D eigenvalue weighted by atomic mass is 32.2. The zero-order valence-electron chi connectivity index (χ0n) is 13.2. The first kappa shape index (κ1) is 16.0. The van der Waals surface area contributed by atoms with Crippen molar-refractivity contribution in [3.05, 3.63) is 65.2 Å². The standard InChI is InChI=1S/C17H20N2O3S/c1-18-23(20,21)19-12-11-13-5-3-4-6-16(13)17(19)14-7-9-15(22-2)10-8-14/h3-10,17-18H,11-12H2,1-2H3. The summed E-state index contributed by atoms with van der Waals surface area (Å²) in [6.07, 6.45) is 0.712. The third-order valence-electron chi connectivity index (χ3n) is 4.24. The maximum absolute atomic E-state index is 12.5. The Morgan fingerprint density at radius 1 is 1.13 bits per heavy atom. The van der Waals surface area contributed by atoms with Crippen molar-refractivity contribution in [1.82, 2.24) is 9.03 Å². The molecule has 1 heterocycles. The molecule has 1 atom stereocenters. The molecule has 0 saturated carbocycles. The molecule has 2 aromatic rings. The molecule has 0 saturated heterocycles. The van der Waals surface area contributed by atoms with E-state index in [1.165, 1.54) is 16.9 Å². The van der Waals surface area contributed by atoms with Crippen LogP contribution in [0.25, 0.3) is 0 Å². The molecule has 3 rings (SSSR count). The Labute approximate surface area is 137 Å². The summed E-state index contributed by atoms with van der Waals surface area (Å²) in [4.78, 5) is 0. The van der Waals surface area contributed by atoms with E-state index in [0.29, 0.717) is 13.0 Å². The molecular weight excluding hydrogens is 312 g/mol. The second kappa shape index (κ2) is 6.31. The highest BCUT2D eigenvalue weighted by Crippen LogP contribution is 2.36. The van der Waals surface area contributed by atoms with Crippen molar-refractivity contribution in [2.75, 3.05) is 20.7 Å². The van der Waals surface area contributed by atoms with Gasteiger partial charge in [-0.2, -0.15) is 12.7 Å². The van der Waals surface area contributed by atoms with E-state index in [9.17, 15) is 8.42 Å². The molecule has 1 N–H and O–H groups in total. The van der Waals surface area contributed by atoms with Crippen LogP contribution in [0, 0.1) is 0 Å². The lowest BCUT2D eigenvalue weighted by atomic mass is 9.90. The molecule has 0 bridgehead atoms. The highest BCUT2D eigenvalue weighted by molar-refractivity contribution is 7.87. The van der Waals surface area contributed by atoms with Crippen LogP contribution in [-0.4, -0.2) is 33.4 Å². The lowest BCUT2D eigenvalue weighted by Crippen LogP contribution is -2.45. The van der Waals surface area contributed by atoms with Gasteiger partial charge in [0, 0.05) is 13.6 Å². The molecular formula is C17H20N2O3S. The Hall–Kier alpha value is -1.89. The highest BCUT2D eigenvalue weighted by Gasteiger charge is 2.35. The van der Waals surface area contributed by atoms with Gasteiger partial charge in [0.1, 0.15) is 5.75 Å². The average Bonchev–Trinajstić information content (AvgIpc) is 2.60. The van der Waals surface area contributed by atoms with Gasteiger partial charge in [-0.25, -0.2) is 4.72 Å². The molecule has 1 aliphatic heterocycles. The largest absolute Gasteiger partial charge is 0.497 e. The molecule has 23 heavy (non-hydrogen) atoms. The number of hydrogen-bond donors (Lipinski definition) is 1. The van der Waals surface area contributed by atoms with Crippen LogP contribution in [0.2, 0.25) is 0 Å². The quantitative estimate of drug-likeness (QED) is 0.933. The molecule has 6 heteroatoms. The first-order valence-electron chi connectivity index (χ1n) is 7.49. The zero-order chi connectivity index (χ0) is 16.4. The van der Waals surface area contributed by atoms with E-state index in [-0.39, 0.29) is 6.04 Å². The van der Waals surface area contributed by atoms with Gasteiger partial charge in [0.15, 0.2) is 0 Å². The van der Waals surface area contributed by atoms with Crippen LogP contribution in [0.3, 0.4) is 0 Å². The fraction of sp³-hybridized carbons (Fsp3) is 0.294. The molecule has 122 valence electrons. The lowest BCUT2D eigenvalue weighted by molar-refractivity contribution is 0.340. The van der Waals surface area contributed by atoms with E-state index in [4.69, 9.17) is 4.74 Å². The van der Waals surface area contributed by atoms with Gasteiger partial charge in [-0.3, -0.25) is 0 Å². The number of methoxy groups -OCH3 is 1. The lowest BCUT2D eigenvalue weighted by Gasteiger charge is -2.36. The van der Waals surface area contributed by atoms with Crippen molar-refractivity contribution >= 4 is 10.2 Å². The van der Waals surface area contributed by atoms with Crippen molar-refractivity contribution in [2.24, 2.45) is 0 Å². The Balaban J connectivity index is 2.12. The Morgan fingerprint density at radius 3 is 2.48 bits per heavy atom. The van der Waals surface area contributed by atoms with Gasteiger partial charge in [0.05, 0.1) is 13.2 Å². The van der Waals surface area contributed by atoms with Crippen LogP contribution < -0.4 is 9.46 Å². The molecule has 0 fully saturated rings. The van der Waals surface area contributed by atoms with E-state index >= 15 is 0 Å². The molecule has 0 aliphatic carbocycles. The molecule has 1 aliphatic rings. The van der Waals surface area contributed by atoms with Crippen LogP contribution in [0.4, 0.5) is 0 Å². The molecule has 1 unspecified atom stereocenters. The van der Waals surface area contributed by atoms with Crippen LogP contribution >= 0.6 is 0 Å². The minimum atomic E-state index is -3.52. The van der Waals surface area contributed by atoms with Gasteiger partial charge < -0.3 is 4.74 Å². The fourth-order valence-corrected chi connectivity index (χ4v) is 4.13.